The van der Waals surface area contributed by atoms with Gasteiger partial charge in [-0.3, -0.25) is 19.5 Å². The van der Waals surface area contributed by atoms with Gasteiger partial charge in [0, 0.05) is 31.3 Å². The van der Waals surface area contributed by atoms with E-state index in [1.807, 2.05) is 86.6 Å². The van der Waals surface area contributed by atoms with E-state index in [1.54, 1.807) is 28.4 Å². The lowest BCUT2D eigenvalue weighted by atomic mass is 10.0. The normalized spacial score (nSPS) is 17.4. The van der Waals surface area contributed by atoms with Gasteiger partial charge in [0.1, 0.15) is 23.7 Å². The molecule has 0 saturated carbocycles. The summed E-state index contributed by atoms with van der Waals surface area (Å²) in [5.74, 6) is 0.716. The number of aromatic nitrogens is 6. The van der Waals surface area contributed by atoms with Crippen molar-refractivity contribution in [3.8, 4) is 33.8 Å². The smallest absolute Gasteiger partial charge is 0.407 e. The van der Waals surface area contributed by atoms with Gasteiger partial charge in [-0.05, 0) is 54.9 Å². The first kappa shape index (κ1) is 40.7. The highest BCUT2D eigenvalue weighted by atomic mass is 16.5. The molecule has 4 N–H and O–H groups in total. The van der Waals surface area contributed by atoms with Crippen LogP contribution in [0.5, 0.6) is 0 Å². The first-order valence-electron chi connectivity index (χ1n) is 20.4. The summed E-state index contributed by atoms with van der Waals surface area (Å²) in [4.78, 5) is 82.0. The van der Waals surface area contributed by atoms with Crippen LogP contribution in [-0.2, 0) is 14.3 Å². The van der Waals surface area contributed by atoms with Crippen molar-refractivity contribution >= 4 is 35.0 Å². The summed E-state index contributed by atoms with van der Waals surface area (Å²) in [6.07, 6.45) is 6.52. The van der Waals surface area contributed by atoms with E-state index in [0.717, 1.165) is 64.2 Å². The first-order valence-corrected chi connectivity index (χ1v) is 20.4. The number of nitrogens with zero attached hydrogens (tertiary/aromatic N) is 7. The van der Waals surface area contributed by atoms with Crippen molar-refractivity contribution in [1.82, 2.24) is 49.9 Å². The molecule has 16 nitrogen and oxygen atoms in total. The second-order valence-electron chi connectivity index (χ2n) is 15.8. The molecule has 0 unspecified atom stereocenters. The quantitative estimate of drug-likeness (QED) is 0.104. The SMILES string of the molecule is COC(=O)N[C@H](C(=O)N1CCC[C@H]1c1ncc(-c2ccc3nc(-c4ccc(-c5cnc([C@@H]6CCCN6C(=O)[C@H](C(C)C)N(C)C(=O)O)[nH]5)cc4)cnc3c2)[nH]1)c1ccccc1. The van der Waals surface area contributed by atoms with Crippen molar-refractivity contribution < 1.29 is 29.0 Å². The Labute approximate surface area is 352 Å². The van der Waals surface area contributed by atoms with E-state index in [2.05, 4.69) is 20.3 Å². The van der Waals surface area contributed by atoms with Crippen LogP contribution < -0.4 is 5.32 Å². The lowest BCUT2D eigenvalue weighted by Crippen LogP contribution is -2.51. The van der Waals surface area contributed by atoms with E-state index in [4.69, 9.17) is 19.7 Å². The average molecular weight is 825 g/mol. The number of H-pyrrole nitrogens is 2. The number of hydrogen-bond acceptors (Lipinski definition) is 9. The molecule has 4 atom stereocenters. The maximum atomic E-state index is 13.9. The summed E-state index contributed by atoms with van der Waals surface area (Å²) in [7, 11) is 2.71. The number of carbonyl (C=O) groups excluding carboxylic acids is 3. The van der Waals surface area contributed by atoms with Crippen LogP contribution in [0, 0.1) is 5.92 Å². The molecular weight excluding hydrogens is 777 g/mol. The Bertz CT molecular complexity index is 2560. The molecule has 6 aromatic rings. The molecule has 61 heavy (non-hydrogen) atoms. The number of methoxy groups -OCH3 is 1. The van der Waals surface area contributed by atoms with Crippen molar-refractivity contribution in [2.45, 2.75) is 63.7 Å². The average Bonchev–Trinajstić information content (AvgIpc) is 4.12. The second-order valence-corrected chi connectivity index (χ2v) is 15.8. The zero-order valence-electron chi connectivity index (χ0n) is 34.4. The molecule has 2 aliphatic rings. The van der Waals surface area contributed by atoms with E-state index in [1.165, 1.54) is 14.2 Å². The van der Waals surface area contributed by atoms with Gasteiger partial charge in [-0.1, -0.05) is 74.5 Å². The highest BCUT2D eigenvalue weighted by molar-refractivity contribution is 5.88. The summed E-state index contributed by atoms with van der Waals surface area (Å²) >= 11 is 0. The number of carbonyl (C=O) groups is 4. The van der Waals surface area contributed by atoms with E-state index in [9.17, 15) is 24.3 Å². The topological polar surface area (TPSA) is 203 Å². The number of benzene rings is 3. The molecule has 314 valence electrons. The van der Waals surface area contributed by atoms with Crippen LogP contribution >= 0.6 is 0 Å². The highest BCUT2D eigenvalue weighted by Crippen LogP contribution is 2.36. The van der Waals surface area contributed by atoms with Gasteiger partial charge < -0.3 is 34.9 Å². The third-order valence-corrected chi connectivity index (χ3v) is 11.7. The molecule has 3 aromatic carbocycles. The standard InChI is InChI=1S/C45H48N10O6/c1-26(2)39(53(3)45(59)60)43(57)55-21-9-13-37(55)41-47-24-34(50-41)28-16-14-27(15-17-28)33-23-46-32-22-30(18-19-31(32)49-33)35-25-48-40(51-35)36-12-8-20-54(36)42(56)38(52-44(58)61-4)29-10-6-5-7-11-29/h5-7,10-11,14-19,22-26,36-39H,8-9,12-13,20-21H2,1-4H3,(H,47,50)(H,48,51)(H,52,58)(H,59,60)/t36-,37-,38-,39-/m0/s1. The molecule has 0 aliphatic carbocycles. The minimum Gasteiger partial charge on any atom is -0.465 e. The number of likely N-dealkylation sites (N-methyl/N-ethyl adjacent to an activating group) is 1. The number of imidazole rings is 2. The van der Waals surface area contributed by atoms with E-state index < -0.39 is 24.3 Å². The Morgan fingerprint density at radius 1 is 0.770 bits per heavy atom. The summed E-state index contributed by atoms with van der Waals surface area (Å²) in [5.41, 5.74) is 7.09. The molecule has 3 aromatic heterocycles. The summed E-state index contributed by atoms with van der Waals surface area (Å²) in [6, 6.07) is 20.7. The molecule has 16 heteroatoms. The van der Waals surface area contributed by atoms with E-state index in [-0.39, 0.29) is 29.8 Å². The Balaban J connectivity index is 0.948. The number of fused-ring (bicyclic) bond motifs is 1. The molecule has 0 spiro atoms. The zero-order chi connectivity index (χ0) is 42.8. The fourth-order valence-corrected chi connectivity index (χ4v) is 8.54. The van der Waals surface area contributed by atoms with Crippen LogP contribution in [0.15, 0.2) is 91.4 Å². The lowest BCUT2D eigenvalue weighted by molar-refractivity contribution is -0.138. The van der Waals surface area contributed by atoms with Crippen LogP contribution in [0.1, 0.15) is 74.9 Å². The monoisotopic (exact) mass is 824 g/mol. The Kier molecular flexibility index (Phi) is 11.5. The molecule has 2 fully saturated rings. The van der Waals surface area contributed by atoms with Gasteiger partial charge in [-0.2, -0.15) is 0 Å². The minimum atomic E-state index is -1.13. The van der Waals surface area contributed by atoms with Gasteiger partial charge in [-0.15, -0.1) is 0 Å². The Morgan fingerprint density at radius 3 is 1.97 bits per heavy atom. The number of amides is 4. The summed E-state index contributed by atoms with van der Waals surface area (Å²) < 4.78 is 4.83. The fourth-order valence-electron chi connectivity index (χ4n) is 8.54. The number of ether oxygens (including phenoxy) is 1. The van der Waals surface area contributed by atoms with Crippen molar-refractivity contribution in [2.75, 3.05) is 27.2 Å². The van der Waals surface area contributed by atoms with Gasteiger partial charge in [0.25, 0.3) is 5.91 Å². The number of carboxylic acid groups (broad SMARTS) is 1. The predicted octanol–water partition coefficient (Wildman–Crippen LogP) is 7.14. The Morgan fingerprint density at radius 2 is 1.36 bits per heavy atom. The molecule has 2 aliphatic heterocycles. The molecule has 2 saturated heterocycles. The Hall–Kier alpha value is -7.10. The second kappa shape index (κ2) is 17.2. The van der Waals surface area contributed by atoms with Crippen molar-refractivity contribution in [3.63, 3.8) is 0 Å². The van der Waals surface area contributed by atoms with Crippen molar-refractivity contribution in [2.24, 2.45) is 5.92 Å². The highest BCUT2D eigenvalue weighted by Gasteiger charge is 2.40. The van der Waals surface area contributed by atoms with Gasteiger partial charge in [0.05, 0.1) is 65.9 Å². The summed E-state index contributed by atoms with van der Waals surface area (Å²) in [6.45, 7) is 4.79. The van der Waals surface area contributed by atoms with E-state index in [0.29, 0.717) is 41.5 Å². The molecule has 4 amide bonds. The van der Waals surface area contributed by atoms with E-state index >= 15 is 0 Å². The van der Waals surface area contributed by atoms with Crippen LogP contribution in [-0.4, -0.2) is 107 Å². The largest absolute Gasteiger partial charge is 0.465 e. The van der Waals surface area contributed by atoms with Crippen LogP contribution in [0.3, 0.4) is 0 Å². The van der Waals surface area contributed by atoms with Crippen molar-refractivity contribution in [3.05, 3.63) is 109 Å². The molecule has 0 bridgehead atoms. The third kappa shape index (κ3) is 8.25. The lowest BCUT2D eigenvalue weighted by Gasteiger charge is -2.33. The van der Waals surface area contributed by atoms with Crippen LogP contribution in [0.2, 0.25) is 0 Å². The number of aromatic amines is 2. The molecule has 5 heterocycles. The van der Waals surface area contributed by atoms with Crippen LogP contribution in [0.4, 0.5) is 9.59 Å². The van der Waals surface area contributed by atoms with Crippen molar-refractivity contribution in [1.29, 1.82) is 0 Å². The summed E-state index contributed by atoms with van der Waals surface area (Å²) in [5, 5.41) is 12.3. The maximum Gasteiger partial charge on any atom is 0.407 e. The number of likely N-dealkylation sites (tertiary alicyclic amines) is 2. The van der Waals surface area contributed by atoms with Gasteiger partial charge in [0.2, 0.25) is 5.91 Å². The minimum absolute atomic E-state index is 0.184. The number of nitrogens with one attached hydrogen (secondary N) is 3. The van der Waals surface area contributed by atoms with Crippen LogP contribution in [0.25, 0.3) is 44.8 Å². The number of hydrogen-bond donors (Lipinski definition) is 4. The predicted molar refractivity (Wildman–Crippen MR) is 227 cm³/mol. The van der Waals surface area contributed by atoms with Gasteiger partial charge in [0.15, 0.2) is 0 Å². The number of alkyl carbamates (subject to hydrolysis) is 1. The maximum absolute atomic E-state index is 13.9. The number of rotatable bonds is 11. The molecule has 8 rings (SSSR count). The van der Waals surface area contributed by atoms with Gasteiger partial charge >= 0.3 is 12.2 Å². The zero-order valence-corrected chi connectivity index (χ0v) is 34.4. The molecule has 0 radical (unpaired) electrons. The molecular formula is C45H48N10O6. The first-order chi connectivity index (χ1) is 29.5. The third-order valence-electron chi connectivity index (χ3n) is 11.7. The fraction of sp³-hybridized carbons (Fsp3) is 0.333. The van der Waals surface area contributed by atoms with Gasteiger partial charge in [-0.25, -0.2) is 24.5 Å².